The van der Waals surface area contributed by atoms with Crippen LogP contribution in [-0.2, 0) is 24.8 Å². The molecule has 0 saturated carbocycles. The van der Waals surface area contributed by atoms with Crippen molar-refractivity contribution in [3.05, 3.63) is 41.7 Å². The molecule has 138 valence electrons. The lowest BCUT2D eigenvalue weighted by Gasteiger charge is -2.31. The van der Waals surface area contributed by atoms with Crippen LogP contribution in [-0.4, -0.2) is 49.6 Å². The van der Waals surface area contributed by atoms with Crippen molar-refractivity contribution in [2.24, 2.45) is 13.0 Å². The molecule has 2 aromatic heterocycles. The Morgan fingerprint density at radius 2 is 1.88 bits per heavy atom. The van der Waals surface area contributed by atoms with Crippen LogP contribution in [0, 0.1) is 5.92 Å². The van der Waals surface area contributed by atoms with Gasteiger partial charge in [0.1, 0.15) is 5.69 Å². The molecule has 1 N–H and O–H groups in total. The molecule has 26 heavy (non-hydrogen) atoms. The van der Waals surface area contributed by atoms with Gasteiger partial charge in [-0.05, 0) is 31.2 Å². The first-order chi connectivity index (χ1) is 12.5. The number of aryl methyl sites for hydroxylation is 1. The second-order valence-corrected chi connectivity index (χ2v) is 6.69. The van der Waals surface area contributed by atoms with Crippen LogP contribution >= 0.6 is 0 Å². The van der Waals surface area contributed by atoms with Gasteiger partial charge in [0.2, 0.25) is 5.91 Å². The number of rotatable bonds is 5. The zero-order valence-corrected chi connectivity index (χ0v) is 15.2. The predicted octanol–water partition coefficient (Wildman–Crippen LogP) is 0.941. The maximum Gasteiger partial charge on any atom is 0.272 e. The molecule has 2 aromatic rings. The summed E-state index contributed by atoms with van der Waals surface area (Å²) in [4.78, 5) is 34.1. The Labute approximate surface area is 152 Å². The second kappa shape index (κ2) is 8.07. The highest BCUT2D eigenvalue weighted by Crippen LogP contribution is 2.22. The van der Waals surface area contributed by atoms with Gasteiger partial charge in [0.15, 0.2) is 0 Å². The van der Waals surface area contributed by atoms with Crippen molar-refractivity contribution in [1.82, 2.24) is 30.0 Å². The lowest BCUT2D eigenvalue weighted by molar-refractivity contribution is -0.119. The summed E-state index contributed by atoms with van der Waals surface area (Å²) < 4.78 is 1.62. The van der Waals surface area contributed by atoms with E-state index in [-0.39, 0.29) is 11.8 Å². The molecule has 0 spiro atoms. The highest BCUT2D eigenvalue weighted by Gasteiger charge is 2.25. The Morgan fingerprint density at radius 3 is 2.46 bits per heavy atom. The summed E-state index contributed by atoms with van der Waals surface area (Å²) in [7, 11) is 1.79. The third kappa shape index (κ3) is 4.44. The molecule has 3 heterocycles. The average Bonchev–Trinajstić information content (AvgIpc) is 3.07. The highest BCUT2D eigenvalue weighted by atomic mass is 16.2. The van der Waals surface area contributed by atoms with Crippen LogP contribution in [0.4, 0.5) is 0 Å². The van der Waals surface area contributed by atoms with Crippen molar-refractivity contribution in [2.75, 3.05) is 13.1 Å². The summed E-state index contributed by atoms with van der Waals surface area (Å²) in [5.74, 6) is 0.468. The van der Waals surface area contributed by atoms with E-state index in [1.165, 1.54) is 6.92 Å². The van der Waals surface area contributed by atoms with Gasteiger partial charge < -0.3 is 10.2 Å². The van der Waals surface area contributed by atoms with E-state index in [2.05, 4.69) is 20.4 Å². The molecule has 8 nitrogen and oxygen atoms in total. The van der Waals surface area contributed by atoms with Gasteiger partial charge in [-0.1, -0.05) is 0 Å². The molecule has 1 aliphatic heterocycles. The molecule has 2 amide bonds. The second-order valence-electron chi connectivity index (χ2n) is 6.69. The first-order valence-electron chi connectivity index (χ1n) is 8.84. The SMILES string of the molecule is CC(=O)NCc1cnc(CC2CCN(C(=O)c3ccnn3C)CC2)cn1. The number of piperidine rings is 1. The molecule has 0 atom stereocenters. The van der Waals surface area contributed by atoms with Crippen LogP contribution < -0.4 is 5.32 Å². The smallest absolute Gasteiger partial charge is 0.272 e. The first kappa shape index (κ1) is 18.0. The zero-order valence-electron chi connectivity index (χ0n) is 15.2. The highest BCUT2D eigenvalue weighted by molar-refractivity contribution is 5.92. The number of aromatic nitrogens is 4. The molecule has 0 radical (unpaired) electrons. The minimum absolute atomic E-state index is 0.0468. The first-order valence-corrected chi connectivity index (χ1v) is 8.84. The molecule has 0 unspecified atom stereocenters. The Hall–Kier alpha value is -2.77. The molecule has 1 saturated heterocycles. The summed E-state index contributed by atoms with van der Waals surface area (Å²) in [6.45, 7) is 3.38. The van der Waals surface area contributed by atoms with Crippen molar-refractivity contribution >= 4 is 11.8 Å². The Balaban J connectivity index is 1.49. The van der Waals surface area contributed by atoms with E-state index in [0.717, 1.165) is 43.7 Å². The quantitative estimate of drug-likeness (QED) is 0.861. The minimum atomic E-state index is -0.0803. The summed E-state index contributed by atoms with van der Waals surface area (Å²) in [5.41, 5.74) is 2.33. The van der Waals surface area contributed by atoms with Gasteiger partial charge in [0.25, 0.3) is 5.91 Å². The standard InChI is InChI=1S/C18H24N6O2/c1-13(25)19-11-16-12-20-15(10-21-16)9-14-4-7-24(8-5-14)18(26)17-3-6-22-23(17)2/h3,6,10,12,14H,4-5,7-9,11H2,1-2H3,(H,19,25). The van der Waals surface area contributed by atoms with Crippen LogP contribution in [0.5, 0.6) is 0 Å². The Bertz CT molecular complexity index is 762. The van der Waals surface area contributed by atoms with E-state index in [1.54, 1.807) is 36.4 Å². The number of likely N-dealkylation sites (tertiary alicyclic amines) is 1. The van der Waals surface area contributed by atoms with E-state index >= 15 is 0 Å². The number of carbonyl (C=O) groups excluding carboxylic acids is 2. The fraction of sp³-hybridized carbons (Fsp3) is 0.500. The van der Waals surface area contributed by atoms with Crippen LogP contribution in [0.15, 0.2) is 24.7 Å². The minimum Gasteiger partial charge on any atom is -0.351 e. The van der Waals surface area contributed by atoms with Gasteiger partial charge in [0, 0.05) is 39.5 Å². The van der Waals surface area contributed by atoms with Crippen LogP contribution in [0.3, 0.4) is 0 Å². The monoisotopic (exact) mass is 356 g/mol. The maximum absolute atomic E-state index is 12.5. The summed E-state index contributed by atoms with van der Waals surface area (Å²) in [6.07, 6.45) is 7.92. The van der Waals surface area contributed by atoms with Crippen LogP contribution in [0.2, 0.25) is 0 Å². The Morgan fingerprint density at radius 1 is 1.19 bits per heavy atom. The van der Waals surface area contributed by atoms with Gasteiger partial charge in [-0.25, -0.2) is 0 Å². The lowest BCUT2D eigenvalue weighted by Crippen LogP contribution is -2.39. The molecular weight excluding hydrogens is 332 g/mol. The molecule has 8 heteroatoms. The normalized spacial score (nSPS) is 15.1. The van der Waals surface area contributed by atoms with Crippen molar-refractivity contribution < 1.29 is 9.59 Å². The number of hydrogen-bond acceptors (Lipinski definition) is 5. The lowest BCUT2D eigenvalue weighted by atomic mass is 9.92. The molecule has 3 rings (SSSR count). The summed E-state index contributed by atoms with van der Waals surface area (Å²) >= 11 is 0. The van der Waals surface area contributed by atoms with Crippen molar-refractivity contribution in [3.63, 3.8) is 0 Å². The van der Waals surface area contributed by atoms with E-state index in [0.29, 0.717) is 18.2 Å². The van der Waals surface area contributed by atoms with Crippen molar-refractivity contribution in [1.29, 1.82) is 0 Å². The average molecular weight is 356 g/mol. The van der Waals surface area contributed by atoms with Gasteiger partial charge >= 0.3 is 0 Å². The van der Waals surface area contributed by atoms with E-state index in [1.807, 2.05) is 4.90 Å². The van der Waals surface area contributed by atoms with Gasteiger partial charge in [-0.3, -0.25) is 24.2 Å². The number of carbonyl (C=O) groups is 2. The maximum atomic E-state index is 12.5. The molecule has 1 fully saturated rings. The third-order valence-electron chi connectivity index (χ3n) is 4.72. The molecule has 0 bridgehead atoms. The predicted molar refractivity (Wildman–Crippen MR) is 95.1 cm³/mol. The largest absolute Gasteiger partial charge is 0.351 e. The van der Waals surface area contributed by atoms with Crippen LogP contribution in [0.25, 0.3) is 0 Å². The van der Waals surface area contributed by atoms with E-state index in [4.69, 9.17) is 0 Å². The third-order valence-corrected chi connectivity index (χ3v) is 4.72. The van der Waals surface area contributed by atoms with Crippen molar-refractivity contribution in [2.45, 2.75) is 32.7 Å². The number of amides is 2. The molecular formula is C18H24N6O2. The summed E-state index contributed by atoms with van der Waals surface area (Å²) in [6, 6.07) is 1.76. The number of hydrogen-bond donors (Lipinski definition) is 1. The molecule has 0 aromatic carbocycles. The van der Waals surface area contributed by atoms with E-state index < -0.39 is 0 Å². The topological polar surface area (TPSA) is 93.0 Å². The van der Waals surface area contributed by atoms with Gasteiger partial charge in [-0.2, -0.15) is 5.10 Å². The zero-order chi connectivity index (χ0) is 18.5. The van der Waals surface area contributed by atoms with Crippen molar-refractivity contribution in [3.8, 4) is 0 Å². The number of nitrogens with zero attached hydrogens (tertiary/aromatic N) is 5. The van der Waals surface area contributed by atoms with Gasteiger partial charge in [0.05, 0.1) is 24.1 Å². The fourth-order valence-electron chi connectivity index (χ4n) is 3.17. The summed E-state index contributed by atoms with van der Waals surface area (Å²) in [5, 5.41) is 6.77. The van der Waals surface area contributed by atoms with Gasteiger partial charge in [-0.15, -0.1) is 0 Å². The van der Waals surface area contributed by atoms with E-state index in [9.17, 15) is 9.59 Å². The molecule has 1 aliphatic rings. The fourth-order valence-corrected chi connectivity index (χ4v) is 3.17. The van der Waals surface area contributed by atoms with Crippen LogP contribution in [0.1, 0.15) is 41.6 Å². The number of nitrogens with one attached hydrogen (secondary N) is 1. The Kier molecular flexibility index (Phi) is 5.60. The molecule has 0 aliphatic carbocycles.